The molecule has 1 heterocycles. The Balaban J connectivity index is 2.09. The molecule has 0 saturated heterocycles. The van der Waals surface area contributed by atoms with Crippen molar-refractivity contribution in [2.45, 2.75) is 76.5 Å². The second kappa shape index (κ2) is 10.8. The number of ether oxygens (including phenoxy) is 2. The van der Waals surface area contributed by atoms with Crippen LogP contribution in [0.25, 0.3) is 0 Å². The first-order chi connectivity index (χ1) is 16.5. The zero-order valence-corrected chi connectivity index (χ0v) is 22.1. The molecule has 35 heavy (non-hydrogen) atoms. The van der Waals surface area contributed by atoms with E-state index < -0.39 is 23.4 Å². The highest BCUT2D eigenvalue weighted by molar-refractivity contribution is 8.04. The number of thioether (sulfide) groups is 1. The summed E-state index contributed by atoms with van der Waals surface area (Å²) in [5.74, 6) is -0.541. The van der Waals surface area contributed by atoms with Crippen molar-refractivity contribution >= 4 is 23.8 Å². The predicted molar refractivity (Wildman–Crippen MR) is 138 cm³/mol. The highest BCUT2D eigenvalue weighted by Gasteiger charge is 2.51. The zero-order chi connectivity index (χ0) is 25.8. The SMILES string of the molecule is CCCN(C(=O)OC(C)(C)C)C1(c2ccccc2)CC(O)=C(Sc2ccccc2C(C)C)C(=O)O1. The van der Waals surface area contributed by atoms with Crippen molar-refractivity contribution in [3.63, 3.8) is 0 Å². The van der Waals surface area contributed by atoms with E-state index in [2.05, 4.69) is 13.8 Å². The Bertz CT molecular complexity index is 1090. The van der Waals surface area contributed by atoms with Gasteiger partial charge in [-0.25, -0.2) is 9.59 Å². The molecule has 7 heteroatoms. The molecule has 2 aromatic rings. The average Bonchev–Trinajstić information content (AvgIpc) is 2.79. The van der Waals surface area contributed by atoms with Gasteiger partial charge in [-0.15, -0.1) is 0 Å². The Morgan fingerprint density at radius 1 is 1.14 bits per heavy atom. The number of aliphatic hydroxyl groups is 1. The van der Waals surface area contributed by atoms with Gasteiger partial charge in [-0.1, -0.05) is 81.1 Å². The number of hydrogen-bond acceptors (Lipinski definition) is 6. The van der Waals surface area contributed by atoms with E-state index in [1.165, 1.54) is 16.7 Å². The largest absolute Gasteiger partial charge is 0.511 e. The Hall–Kier alpha value is -2.93. The van der Waals surface area contributed by atoms with Crippen molar-refractivity contribution in [1.29, 1.82) is 0 Å². The molecule has 1 N–H and O–H groups in total. The molecule has 1 aliphatic rings. The smallest absolute Gasteiger partial charge is 0.413 e. The predicted octanol–water partition coefficient (Wildman–Crippen LogP) is 7.12. The summed E-state index contributed by atoms with van der Waals surface area (Å²) in [6, 6.07) is 16.9. The summed E-state index contributed by atoms with van der Waals surface area (Å²) in [7, 11) is 0. The monoisotopic (exact) mass is 497 g/mol. The molecular weight excluding hydrogens is 462 g/mol. The summed E-state index contributed by atoms with van der Waals surface area (Å²) < 4.78 is 11.8. The Morgan fingerprint density at radius 3 is 2.34 bits per heavy atom. The van der Waals surface area contributed by atoms with Gasteiger partial charge in [0.2, 0.25) is 5.72 Å². The number of aliphatic hydroxyl groups excluding tert-OH is 1. The van der Waals surface area contributed by atoms with Crippen molar-refractivity contribution in [3.8, 4) is 0 Å². The minimum Gasteiger partial charge on any atom is -0.511 e. The number of hydrogen-bond donors (Lipinski definition) is 1. The van der Waals surface area contributed by atoms with Gasteiger partial charge in [0, 0.05) is 17.0 Å². The molecule has 0 saturated carbocycles. The molecule has 1 amide bonds. The lowest BCUT2D eigenvalue weighted by Gasteiger charge is -2.45. The van der Waals surface area contributed by atoms with Crippen LogP contribution in [0.1, 0.15) is 71.4 Å². The van der Waals surface area contributed by atoms with Gasteiger partial charge in [-0.3, -0.25) is 4.90 Å². The second-order valence-electron chi connectivity index (χ2n) is 9.92. The van der Waals surface area contributed by atoms with Gasteiger partial charge in [-0.05, 0) is 44.7 Å². The van der Waals surface area contributed by atoms with E-state index >= 15 is 0 Å². The van der Waals surface area contributed by atoms with Gasteiger partial charge in [0.05, 0.1) is 6.42 Å². The van der Waals surface area contributed by atoms with Crippen molar-refractivity contribution in [2.24, 2.45) is 0 Å². The standard InChI is InChI=1S/C28H35NO5S/c1-7-17-29(26(32)34-27(4,5)6)28(20-13-9-8-10-14-20)18-22(30)24(25(31)33-28)35-23-16-12-11-15-21(23)19(2)3/h8-16,19,30H,7,17-18H2,1-6H3. The van der Waals surface area contributed by atoms with Crippen LogP contribution in [0.4, 0.5) is 4.79 Å². The molecule has 6 nitrogen and oxygen atoms in total. The van der Waals surface area contributed by atoms with E-state index in [4.69, 9.17) is 9.47 Å². The number of carbonyl (C=O) groups is 2. The molecule has 0 aliphatic carbocycles. The lowest BCUT2D eigenvalue weighted by molar-refractivity contribution is -0.186. The highest BCUT2D eigenvalue weighted by atomic mass is 32.2. The normalized spacial score (nSPS) is 18.4. The van der Waals surface area contributed by atoms with Gasteiger partial charge in [0.25, 0.3) is 0 Å². The van der Waals surface area contributed by atoms with Crippen LogP contribution in [-0.4, -0.2) is 34.2 Å². The molecule has 0 bridgehead atoms. The first kappa shape index (κ1) is 26.7. The number of cyclic esters (lactones) is 1. The minimum atomic E-state index is -1.53. The summed E-state index contributed by atoms with van der Waals surface area (Å²) in [5.41, 5.74) is -0.598. The quantitative estimate of drug-likeness (QED) is 0.411. The summed E-state index contributed by atoms with van der Waals surface area (Å²) in [6.45, 7) is 11.7. The van der Waals surface area contributed by atoms with E-state index in [9.17, 15) is 14.7 Å². The molecule has 0 fully saturated rings. The number of carbonyl (C=O) groups excluding carboxylic acids is 2. The summed E-state index contributed by atoms with van der Waals surface area (Å²) in [6.07, 6.45) is -0.0713. The number of nitrogens with zero attached hydrogens (tertiary/aromatic N) is 1. The lowest BCUT2D eigenvalue weighted by atomic mass is 9.94. The lowest BCUT2D eigenvalue weighted by Crippen LogP contribution is -2.55. The van der Waals surface area contributed by atoms with Crippen LogP contribution >= 0.6 is 11.8 Å². The Morgan fingerprint density at radius 2 is 1.77 bits per heavy atom. The van der Waals surface area contributed by atoms with Gasteiger partial charge in [0.15, 0.2) is 0 Å². The van der Waals surface area contributed by atoms with E-state index in [0.29, 0.717) is 12.0 Å². The third kappa shape index (κ3) is 6.01. The van der Waals surface area contributed by atoms with E-state index in [1.807, 2.05) is 49.4 Å². The molecule has 0 aromatic heterocycles. The molecule has 1 atom stereocenters. The summed E-state index contributed by atoms with van der Waals surface area (Å²) in [5, 5.41) is 11.2. The van der Waals surface area contributed by atoms with E-state index in [1.54, 1.807) is 32.9 Å². The van der Waals surface area contributed by atoms with Crippen LogP contribution in [0, 0.1) is 0 Å². The van der Waals surface area contributed by atoms with Gasteiger partial charge in [0.1, 0.15) is 16.3 Å². The minimum absolute atomic E-state index is 0.0752. The van der Waals surface area contributed by atoms with Crippen LogP contribution in [-0.2, 0) is 20.0 Å². The second-order valence-corrected chi connectivity index (χ2v) is 11.0. The Kier molecular flexibility index (Phi) is 8.21. The fourth-order valence-corrected chi connectivity index (χ4v) is 5.15. The van der Waals surface area contributed by atoms with Crippen LogP contribution in [0.2, 0.25) is 0 Å². The molecule has 188 valence electrons. The Labute approximate surface area is 212 Å². The molecule has 1 unspecified atom stereocenters. The van der Waals surface area contributed by atoms with Gasteiger partial charge >= 0.3 is 12.1 Å². The van der Waals surface area contributed by atoms with Gasteiger partial charge < -0.3 is 14.6 Å². The van der Waals surface area contributed by atoms with Crippen molar-refractivity contribution in [2.75, 3.05) is 6.54 Å². The fourth-order valence-electron chi connectivity index (χ4n) is 4.05. The maximum atomic E-state index is 13.5. The maximum Gasteiger partial charge on any atom is 0.413 e. The van der Waals surface area contributed by atoms with E-state index in [-0.39, 0.29) is 29.5 Å². The zero-order valence-electron chi connectivity index (χ0n) is 21.3. The number of amides is 1. The van der Waals surface area contributed by atoms with Crippen LogP contribution in [0.5, 0.6) is 0 Å². The maximum absolute atomic E-state index is 13.5. The first-order valence-corrected chi connectivity index (χ1v) is 12.8. The summed E-state index contributed by atoms with van der Waals surface area (Å²) in [4.78, 5) is 29.2. The number of esters is 1. The molecular formula is C28H35NO5S. The molecule has 0 radical (unpaired) electrons. The average molecular weight is 498 g/mol. The van der Waals surface area contributed by atoms with Crippen LogP contribution in [0.15, 0.2) is 70.2 Å². The fraction of sp³-hybridized carbons (Fsp3) is 0.429. The number of benzene rings is 2. The number of rotatable bonds is 7. The van der Waals surface area contributed by atoms with Crippen LogP contribution < -0.4 is 0 Å². The summed E-state index contributed by atoms with van der Waals surface area (Å²) >= 11 is 1.20. The van der Waals surface area contributed by atoms with Crippen molar-refractivity contribution in [1.82, 2.24) is 4.90 Å². The molecule has 2 aromatic carbocycles. The van der Waals surface area contributed by atoms with Gasteiger partial charge in [-0.2, -0.15) is 0 Å². The molecule has 3 rings (SSSR count). The third-order valence-electron chi connectivity index (χ3n) is 5.59. The topological polar surface area (TPSA) is 76.1 Å². The first-order valence-electron chi connectivity index (χ1n) is 12.0. The molecule has 1 aliphatic heterocycles. The third-order valence-corrected chi connectivity index (χ3v) is 6.79. The van der Waals surface area contributed by atoms with E-state index in [0.717, 1.165) is 10.5 Å². The van der Waals surface area contributed by atoms with Crippen molar-refractivity contribution < 1.29 is 24.2 Å². The highest BCUT2D eigenvalue weighted by Crippen LogP contribution is 2.46. The van der Waals surface area contributed by atoms with Crippen molar-refractivity contribution in [3.05, 3.63) is 76.4 Å². The van der Waals surface area contributed by atoms with Crippen LogP contribution in [0.3, 0.4) is 0 Å². The molecule has 0 spiro atoms.